The van der Waals surface area contributed by atoms with Crippen LogP contribution in [0.1, 0.15) is 39.7 Å². The predicted octanol–water partition coefficient (Wildman–Crippen LogP) is 3.24. The second-order valence-corrected chi connectivity index (χ2v) is 6.97. The topological polar surface area (TPSA) is 70.4 Å². The van der Waals surface area contributed by atoms with E-state index in [1.165, 1.54) is 0 Å². The number of aromatic nitrogens is 2. The molecule has 1 aliphatic heterocycles. The van der Waals surface area contributed by atoms with E-state index in [0.29, 0.717) is 18.5 Å². The molecule has 1 aromatic heterocycles. The monoisotopic (exact) mass is 330 g/mol. The maximum atomic E-state index is 12.6. The van der Waals surface area contributed by atoms with Crippen LogP contribution in [0.25, 0.3) is 10.9 Å². The molecule has 3 rings (SSSR count). The Morgan fingerprint density at radius 3 is 2.96 bits per heavy atom. The number of fused-ring (bicyclic) bond motifs is 1. The van der Waals surface area contributed by atoms with Crippen LogP contribution in [0.5, 0.6) is 0 Å². The number of benzene rings is 1. The van der Waals surface area contributed by atoms with E-state index in [1.54, 1.807) is 4.90 Å². The van der Waals surface area contributed by atoms with Gasteiger partial charge in [-0.2, -0.15) is 5.10 Å². The fraction of sp³-hybridized carbons (Fsp3) is 0.556. The molecule has 1 saturated heterocycles. The quantitative estimate of drug-likeness (QED) is 0.907. The molecule has 2 amide bonds. The third-order valence-electron chi connectivity index (χ3n) is 4.87. The van der Waals surface area contributed by atoms with Gasteiger partial charge < -0.3 is 15.3 Å². The van der Waals surface area contributed by atoms with Gasteiger partial charge >= 0.3 is 6.03 Å². The molecule has 2 N–H and O–H groups in total. The molecule has 0 spiro atoms. The van der Waals surface area contributed by atoms with E-state index in [4.69, 9.17) is 0 Å². The molecule has 2 atom stereocenters. The first-order chi connectivity index (χ1) is 11.5. The van der Waals surface area contributed by atoms with Crippen LogP contribution in [0.2, 0.25) is 0 Å². The number of carbonyl (C=O) groups is 1. The summed E-state index contributed by atoms with van der Waals surface area (Å²) in [6.45, 7) is 6.96. The van der Waals surface area contributed by atoms with E-state index < -0.39 is 0 Å². The summed E-state index contributed by atoms with van der Waals surface area (Å²) in [5, 5.41) is 18.1. The highest BCUT2D eigenvalue weighted by molar-refractivity contribution is 5.92. The highest BCUT2D eigenvalue weighted by Gasteiger charge is 2.31. The normalized spacial score (nSPS) is 21.5. The van der Waals surface area contributed by atoms with E-state index in [1.807, 2.05) is 29.1 Å². The molecule has 0 bridgehead atoms. The highest BCUT2D eigenvalue weighted by Crippen LogP contribution is 2.25. The van der Waals surface area contributed by atoms with Gasteiger partial charge in [-0.1, -0.05) is 6.92 Å². The number of anilines is 1. The standard InChI is InChI=1S/C18H26N4O2/c1-12(2)22-10-14-9-15(6-7-16(14)20-22)19-18(24)21-8-4-5-13(3)17(21)11-23/h6-7,9-10,12-13,17,23H,4-5,8,11H2,1-3H3,(H,19,24)/t13-,17+/m0/s1. The number of hydrogen-bond donors (Lipinski definition) is 2. The maximum absolute atomic E-state index is 12.6. The first-order valence-corrected chi connectivity index (χ1v) is 8.67. The van der Waals surface area contributed by atoms with Crippen molar-refractivity contribution in [2.45, 2.75) is 45.7 Å². The maximum Gasteiger partial charge on any atom is 0.322 e. The number of aliphatic hydroxyl groups is 1. The van der Waals surface area contributed by atoms with Crippen LogP contribution in [0.15, 0.2) is 24.4 Å². The van der Waals surface area contributed by atoms with Crippen molar-refractivity contribution in [1.82, 2.24) is 14.7 Å². The number of nitrogens with zero attached hydrogens (tertiary/aromatic N) is 3. The van der Waals surface area contributed by atoms with Gasteiger partial charge in [0, 0.05) is 29.9 Å². The molecule has 130 valence electrons. The smallest absolute Gasteiger partial charge is 0.322 e. The summed E-state index contributed by atoms with van der Waals surface area (Å²) in [6.07, 6.45) is 4.02. The van der Waals surface area contributed by atoms with Gasteiger partial charge in [-0.3, -0.25) is 4.68 Å². The third-order valence-corrected chi connectivity index (χ3v) is 4.87. The first-order valence-electron chi connectivity index (χ1n) is 8.67. The molecule has 24 heavy (non-hydrogen) atoms. The molecule has 1 fully saturated rings. The van der Waals surface area contributed by atoms with E-state index >= 15 is 0 Å². The highest BCUT2D eigenvalue weighted by atomic mass is 16.3. The van der Waals surface area contributed by atoms with Gasteiger partial charge in [0.1, 0.15) is 0 Å². The molecule has 1 aliphatic rings. The molecular formula is C18H26N4O2. The number of aliphatic hydroxyl groups excluding tert-OH is 1. The number of likely N-dealkylation sites (tertiary alicyclic amines) is 1. The summed E-state index contributed by atoms with van der Waals surface area (Å²) in [5.41, 5.74) is 1.67. The summed E-state index contributed by atoms with van der Waals surface area (Å²) in [5.74, 6) is 0.321. The lowest BCUT2D eigenvalue weighted by molar-refractivity contribution is 0.0811. The zero-order valence-corrected chi connectivity index (χ0v) is 14.6. The lowest BCUT2D eigenvalue weighted by atomic mass is 9.91. The second kappa shape index (κ2) is 6.81. The Bertz CT molecular complexity index is 725. The Hall–Kier alpha value is -2.08. The molecule has 2 aromatic rings. The fourth-order valence-electron chi connectivity index (χ4n) is 3.36. The number of urea groups is 1. The Morgan fingerprint density at radius 1 is 1.46 bits per heavy atom. The Morgan fingerprint density at radius 2 is 2.25 bits per heavy atom. The van der Waals surface area contributed by atoms with E-state index in [9.17, 15) is 9.90 Å². The summed E-state index contributed by atoms with van der Waals surface area (Å²) in [4.78, 5) is 14.4. The number of piperidine rings is 1. The number of hydrogen-bond acceptors (Lipinski definition) is 3. The number of nitrogens with one attached hydrogen (secondary N) is 1. The minimum absolute atomic E-state index is 0.00871. The Balaban J connectivity index is 1.77. The van der Waals surface area contributed by atoms with E-state index in [2.05, 4.69) is 31.2 Å². The van der Waals surface area contributed by atoms with Gasteiger partial charge in [0.2, 0.25) is 0 Å². The van der Waals surface area contributed by atoms with Crippen molar-refractivity contribution in [3.8, 4) is 0 Å². The van der Waals surface area contributed by atoms with Crippen molar-refractivity contribution in [2.75, 3.05) is 18.5 Å². The van der Waals surface area contributed by atoms with Crippen molar-refractivity contribution in [1.29, 1.82) is 0 Å². The molecular weight excluding hydrogens is 304 g/mol. The molecule has 0 radical (unpaired) electrons. The van der Waals surface area contributed by atoms with Crippen molar-refractivity contribution in [2.24, 2.45) is 5.92 Å². The predicted molar refractivity (Wildman–Crippen MR) is 95.1 cm³/mol. The lowest BCUT2D eigenvalue weighted by Crippen LogP contribution is -2.51. The molecule has 6 heteroatoms. The fourth-order valence-corrected chi connectivity index (χ4v) is 3.36. The van der Waals surface area contributed by atoms with Crippen molar-refractivity contribution < 1.29 is 9.90 Å². The second-order valence-electron chi connectivity index (χ2n) is 6.97. The molecule has 2 heterocycles. The summed E-state index contributed by atoms with van der Waals surface area (Å²) in [7, 11) is 0. The molecule has 1 aromatic carbocycles. The Labute approximate surface area is 142 Å². The summed E-state index contributed by atoms with van der Waals surface area (Å²) < 4.78 is 1.92. The number of amides is 2. The van der Waals surface area contributed by atoms with Gasteiger partial charge in [-0.05, 0) is 50.8 Å². The van der Waals surface area contributed by atoms with Crippen LogP contribution >= 0.6 is 0 Å². The van der Waals surface area contributed by atoms with Crippen LogP contribution in [-0.4, -0.2) is 45.0 Å². The molecule has 0 aliphatic carbocycles. The lowest BCUT2D eigenvalue weighted by Gasteiger charge is -2.38. The van der Waals surface area contributed by atoms with Crippen LogP contribution in [0, 0.1) is 5.92 Å². The number of rotatable bonds is 3. The average molecular weight is 330 g/mol. The minimum Gasteiger partial charge on any atom is -0.394 e. The summed E-state index contributed by atoms with van der Waals surface area (Å²) in [6, 6.07) is 5.80. The first kappa shape index (κ1) is 16.8. The van der Waals surface area contributed by atoms with Crippen LogP contribution in [-0.2, 0) is 0 Å². The average Bonchev–Trinajstić information content (AvgIpc) is 2.98. The largest absolute Gasteiger partial charge is 0.394 e. The van der Waals surface area contributed by atoms with Gasteiger partial charge in [0.05, 0.1) is 18.2 Å². The van der Waals surface area contributed by atoms with Crippen molar-refractivity contribution in [3.05, 3.63) is 24.4 Å². The zero-order chi connectivity index (χ0) is 17.3. The third kappa shape index (κ3) is 3.24. The SMILES string of the molecule is CC(C)n1cc2cc(NC(=O)N3CCC[C@H](C)[C@H]3CO)ccc2n1. The van der Waals surface area contributed by atoms with E-state index in [0.717, 1.165) is 29.4 Å². The van der Waals surface area contributed by atoms with Crippen molar-refractivity contribution >= 4 is 22.6 Å². The molecule has 0 saturated carbocycles. The van der Waals surface area contributed by atoms with E-state index in [-0.39, 0.29) is 18.7 Å². The van der Waals surface area contributed by atoms with Crippen molar-refractivity contribution in [3.63, 3.8) is 0 Å². The van der Waals surface area contributed by atoms with Crippen LogP contribution in [0.4, 0.5) is 10.5 Å². The number of carbonyl (C=O) groups excluding carboxylic acids is 1. The van der Waals surface area contributed by atoms with Crippen LogP contribution in [0.3, 0.4) is 0 Å². The van der Waals surface area contributed by atoms with Crippen LogP contribution < -0.4 is 5.32 Å². The van der Waals surface area contributed by atoms with Gasteiger partial charge in [0.25, 0.3) is 0 Å². The van der Waals surface area contributed by atoms with Gasteiger partial charge in [-0.25, -0.2) is 4.79 Å². The zero-order valence-electron chi connectivity index (χ0n) is 14.6. The minimum atomic E-state index is -0.142. The molecule has 6 nitrogen and oxygen atoms in total. The van der Waals surface area contributed by atoms with Gasteiger partial charge in [-0.15, -0.1) is 0 Å². The molecule has 0 unspecified atom stereocenters. The Kier molecular flexibility index (Phi) is 4.76. The summed E-state index contributed by atoms with van der Waals surface area (Å²) >= 11 is 0. The van der Waals surface area contributed by atoms with Gasteiger partial charge in [0.15, 0.2) is 0 Å².